The topological polar surface area (TPSA) is 104 Å². The van der Waals surface area contributed by atoms with E-state index < -0.39 is 17.6 Å². The molecule has 0 saturated heterocycles. The minimum Gasteiger partial charge on any atom is -0.456 e. The summed E-state index contributed by atoms with van der Waals surface area (Å²) in [7, 11) is 0. The van der Waals surface area contributed by atoms with Gasteiger partial charge >= 0.3 is 6.18 Å². The van der Waals surface area contributed by atoms with E-state index in [9.17, 15) is 28.0 Å². The number of nitrogens with one attached hydrogen (secondary N) is 2. The van der Waals surface area contributed by atoms with E-state index in [2.05, 4.69) is 21.7 Å². The molecule has 2 N–H and O–H groups in total. The van der Waals surface area contributed by atoms with Gasteiger partial charge in [0.2, 0.25) is 11.8 Å². The quantitative estimate of drug-likeness (QED) is 0.280. The van der Waals surface area contributed by atoms with Crippen molar-refractivity contribution in [3.63, 3.8) is 0 Å². The maximum absolute atomic E-state index is 12.9. The van der Waals surface area contributed by atoms with Gasteiger partial charge < -0.3 is 15.4 Å². The van der Waals surface area contributed by atoms with Crippen LogP contribution in [-0.4, -0.2) is 16.8 Å². The molecule has 38 heavy (non-hydrogen) atoms. The molecule has 0 bridgehead atoms. The lowest BCUT2D eigenvalue weighted by Gasteiger charge is -2.11. The molecule has 4 aromatic rings. The molecule has 7 nitrogen and oxygen atoms in total. The minimum atomic E-state index is -4.49. The van der Waals surface area contributed by atoms with Crippen LogP contribution < -0.4 is 15.4 Å². The number of rotatable bonds is 7. The van der Waals surface area contributed by atoms with Gasteiger partial charge in [-0.15, -0.1) is 0 Å². The number of thiazole rings is 1. The number of ether oxygens (including phenoxy) is 1. The zero-order valence-corrected chi connectivity index (χ0v) is 20.4. The smallest absolute Gasteiger partial charge is 0.416 e. The zero-order chi connectivity index (χ0) is 26.9. The second-order valence-corrected chi connectivity index (χ2v) is 9.73. The number of alkyl halides is 3. The maximum atomic E-state index is 12.9. The summed E-state index contributed by atoms with van der Waals surface area (Å²) in [6.07, 6.45) is -3.00. The van der Waals surface area contributed by atoms with Gasteiger partial charge in [0.05, 0.1) is 22.2 Å². The highest BCUT2D eigenvalue weighted by molar-refractivity contribution is 7.22. The van der Waals surface area contributed by atoms with Crippen molar-refractivity contribution < 1.29 is 27.5 Å². The lowest BCUT2D eigenvalue weighted by Crippen LogP contribution is -2.15. The lowest BCUT2D eigenvalue weighted by molar-refractivity contribution is -0.137. The molecule has 5 rings (SSSR count). The molecular weight excluding hydrogens is 517 g/mol. The third-order valence-corrected chi connectivity index (χ3v) is 6.78. The van der Waals surface area contributed by atoms with Crippen LogP contribution in [0.5, 0.6) is 11.5 Å². The van der Waals surface area contributed by atoms with E-state index in [1.54, 1.807) is 36.4 Å². The number of anilines is 2. The Morgan fingerprint density at radius 1 is 1.08 bits per heavy atom. The minimum absolute atomic E-state index is 0.0224. The first-order valence-electron chi connectivity index (χ1n) is 11.6. The van der Waals surface area contributed by atoms with E-state index in [1.165, 1.54) is 23.5 Å². The number of benzene rings is 3. The predicted molar refractivity (Wildman–Crippen MR) is 136 cm³/mol. The number of nitriles is 1. The molecule has 1 saturated carbocycles. The Balaban J connectivity index is 1.30. The molecule has 2 amide bonds. The van der Waals surface area contributed by atoms with Crippen molar-refractivity contribution >= 4 is 44.2 Å². The fourth-order valence-electron chi connectivity index (χ4n) is 3.78. The van der Waals surface area contributed by atoms with Gasteiger partial charge in [0.1, 0.15) is 23.1 Å². The van der Waals surface area contributed by atoms with E-state index in [-0.39, 0.29) is 35.1 Å². The number of hydrogen-bond donors (Lipinski definition) is 2. The summed E-state index contributed by atoms with van der Waals surface area (Å²) in [5.74, 6) is 0.0619. The van der Waals surface area contributed by atoms with Crippen LogP contribution in [0.4, 0.5) is 24.0 Å². The van der Waals surface area contributed by atoms with Crippen LogP contribution in [0.2, 0.25) is 0 Å². The summed E-state index contributed by atoms with van der Waals surface area (Å²) >= 11 is 1.19. The van der Waals surface area contributed by atoms with E-state index >= 15 is 0 Å². The first-order valence-corrected chi connectivity index (χ1v) is 12.4. The average molecular weight is 537 g/mol. The third kappa shape index (κ3) is 5.76. The number of nitrogens with zero attached hydrogens (tertiary/aromatic N) is 2. The highest BCUT2D eigenvalue weighted by Gasteiger charge is 2.31. The molecule has 1 heterocycles. The SMILES string of the molecule is N#Cc1c(Oc2cccc(NC(=O)Cc3cccc(C(F)(F)F)c3)c2)ccc2nc(NC(=O)C3CC3)sc12. The van der Waals surface area contributed by atoms with Crippen molar-refractivity contribution in [3.05, 3.63) is 77.4 Å². The number of amides is 2. The standard InChI is InChI=1S/C27H19F3N4O3S/c28-27(29,30)17-4-1-3-15(11-17)12-23(35)32-18-5-2-6-19(13-18)37-22-10-9-21-24(20(22)14-31)38-26(33-21)34-25(36)16-7-8-16/h1-6,9-11,13,16H,7-8,12H2,(H,32,35)(H,33,34,36). The first kappa shape index (κ1) is 25.2. The van der Waals surface area contributed by atoms with Crippen LogP contribution >= 0.6 is 11.3 Å². The van der Waals surface area contributed by atoms with Crippen LogP contribution in [0.3, 0.4) is 0 Å². The summed E-state index contributed by atoms with van der Waals surface area (Å²) in [5.41, 5.74) is 0.601. The van der Waals surface area contributed by atoms with Crippen molar-refractivity contribution in [2.75, 3.05) is 10.6 Å². The molecule has 3 aromatic carbocycles. The van der Waals surface area contributed by atoms with Crippen molar-refractivity contribution in [2.24, 2.45) is 5.92 Å². The van der Waals surface area contributed by atoms with Crippen LogP contribution in [0, 0.1) is 17.2 Å². The highest BCUT2D eigenvalue weighted by atomic mass is 32.1. The molecule has 0 radical (unpaired) electrons. The molecule has 0 unspecified atom stereocenters. The summed E-state index contributed by atoms with van der Waals surface area (Å²) in [6.45, 7) is 0. The number of carbonyl (C=O) groups is 2. The summed E-state index contributed by atoms with van der Waals surface area (Å²) in [4.78, 5) is 28.9. The van der Waals surface area contributed by atoms with Gasteiger partial charge in [-0.2, -0.15) is 18.4 Å². The highest BCUT2D eigenvalue weighted by Crippen LogP contribution is 2.37. The number of halogens is 3. The van der Waals surface area contributed by atoms with E-state index in [1.807, 2.05) is 0 Å². The second kappa shape index (κ2) is 10.1. The Labute approximate surface area is 218 Å². The fourth-order valence-corrected chi connectivity index (χ4v) is 4.74. The van der Waals surface area contributed by atoms with Crippen molar-refractivity contribution in [2.45, 2.75) is 25.4 Å². The lowest BCUT2D eigenvalue weighted by atomic mass is 10.1. The molecule has 1 aliphatic rings. The van der Waals surface area contributed by atoms with Crippen LogP contribution in [0.25, 0.3) is 10.2 Å². The molecule has 192 valence electrons. The number of fused-ring (bicyclic) bond motifs is 1. The Morgan fingerprint density at radius 3 is 2.61 bits per heavy atom. The molecule has 11 heteroatoms. The molecule has 1 aliphatic carbocycles. The molecule has 0 atom stereocenters. The van der Waals surface area contributed by atoms with Gasteiger partial charge in [-0.25, -0.2) is 4.98 Å². The van der Waals surface area contributed by atoms with Gasteiger partial charge in [-0.3, -0.25) is 9.59 Å². The second-order valence-electron chi connectivity index (χ2n) is 8.73. The Kier molecular flexibility index (Phi) is 6.73. The van der Waals surface area contributed by atoms with Gasteiger partial charge in [0.15, 0.2) is 5.13 Å². The maximum Gasteiger partial charge on any atom is 0.416 e. The van der Waals surface area contributed by atoms with Crippen LogP contribution in [0.1, 0.15) is 29.5 Å². The van der Waals surface area contributed by atoms with Crippen LogP contribution in [0.15, 0.2) is 60.7 Å². The monoisotopic (exact) mass is 536 g/mol. The van der Waals surface area contributed by atoms with Crippen molar-refractivity contribution in [3.8, 4) is 17.6 Å². The van der Waals surface area contributed by atoms with E-state index in [0.29, 0.717) is 26.8 Å². The van der Waals surface area contributed by atoms with E-state index in [4.69, 9.17) is 4.74 Å². The van der Waals surface area contributed by atoms with Crippen molar-refractivity contribution in [1.82, 2.24) is 4.98 Å². The van der Waals surface area contributed by atoms with Gasteiger partial charge in [-0.05, 0) is 48.7 Å². The number of hydrogen-bond acceptors (Lipinski definition) is 6. The van der Waals surface area contributed by atoms with E-state index in [0.717, 1.165) is 25.0 Å². The van der Waals surface area contributed by atoms with Gasteiger partial charge in [-0.1, -0.05) is 35.6 Å². The number of aromatic nitrogens is 1. The third-order valence-electron chi connectivity index (χ3n) is 5.77. The molecule has 1 fully saturated rings. The first-order chi connectivity index (χ1) is 18.2. The van der Waals surface area contributed by atoms with Crippen molar-refractivity contribution in [1.29, 1.82) is 5.26 Å². The number of carbonyl (C=O) groups excluding carboxylic acids is 2. The predicted octanol–water partition coefficient (Wildman–Crippen LogP) is 6.51. The summed E-state index contributed by atoms with van der Waals surface area (Å²) in [6, 6.07) is 16.5. The van der Waals surface area contributed by atoms with Gasteiger partial charge in [0, 0.05) is 17.7 Å². The molecule has 0 aliphatic heterocycles. The summed E-state index contributed by atoms with van der Waals surface area (Å²) < 4.78 is 45.3. The molecule has 1 aromatic heterocycles. The molecule has 0 spiro atoms. The molecular formula is C27H19F3N4O3S. The Hall–Kier alpha value is -4.43. The Bertz CT molecular complexity index is 1590. The largest absolute Gasteiger partial charge is 0.456 e. The zero-order valence-electron chi connectivity index (χ0n) is 19.6. The average Bonchev–Trinajstić information content (AvgIpc) is 3.64. The normalized spacial score (nSPS) is 13.1. The fraction of sp³-hybridized carbons (Fsp3) is 0.185. The van der Waals surface area contributed by atoms with Crippen LogP contribution in [-0.2, 0) is 22.2 Å². The summed E-state index contributed by atoms with van der Waals surface area (Å²) in [5, 5.41) is 15.7. The Morgan fingerprint density at radius 2 is 1.87 bits per heavy atom. The van der Waals surface area contributed by atoms with Gasteiger partial charge in [0.25, 0.3) is 0 Å².